The quantitative estimate of drug-likeness (QED) is 0.735. The van der Waals surface area contributed by atoms with Gasteiger partial charge in [-0.15, -0.1) is 0 Å². The number of nitrogens with one attached hydrogen (secondary N) is 1. The van der Waals surface area contributed by atoms with E-state index >= 15 is 0 Å². The van der Waals surface area contributed by atoms with E-state index in [4.69, 9.17) is 17.3 Å². The molecule has 1 spiro atoms. The summed E-state index contributed by atoms with van der Waals surface area (Å²) in [5.74, 6) is -0.273. The Morgan fingerprint density at radius 3 is 2.69 bits per heavy atom. The Kier molecular flexibility index (Phi) is 4.30. The van der Waals surface area contributed by atoms with E-state index in [9.17, 15) is 10.1 Å². The number of carbonyl (C=O) groups is 1. The van der Waals surface area contributed by atoms with E-state index in [1.165, 1.54) is 19.4 Å². The summed E-state index contributed by atoms with van der Waals surface area (Å²) in [6.45, 7) is 1.20. The third-order valence-electron chi connectivity index (χ3n) is 6.63. The van der Waals surface area contributed by atoms with Crippen LogP contribution in [-0.2, 0) is 0 Å². The lowest BCUT2D eigenvalue weighted by atomic mass is 9.82. The molecule has 1 aromatic carbocycles. The first-order chi connectivity index (χ1) is 14.0. The van der Waals surface area contributed by atoms with Crippen molar-refractivity contribution in [2.45, 2.75) is 49.7 Å². The van der Waals surface area contributed by atoms with Crippen molar-refractivity contribution >= 4 is 29.0 Å². The Bertz CT molecular complexity index is 990. The van der Waals surface area contributed by atoms with E-state index in [2.05, 4.69) is 21.4 Å². The second-order valence-corrected chi connectivity index (χ2v) is 8.93. The molecule has 3 aliphatic rings. The molecule has 2 aliphatic carbocycles. The first kappa shape index (κ1) is 18.5. The number of primary amides is 1. The van der Waals surface area contributed by atoms with Crippen LogP contribution in [0.15, 0.2) is 30.5 Å². The molecule has 2 unspecified atom stereocenters. The number of nitriles is 1. The van der Waals surface area contributed by atoms with Crippen LogP contribution in [-0.4, -0.2) is 38.7 Å². The van der Waals surface area contributed by atoms with E-state index in [1.54, 1.807) is 23.0 Å². The molecule has 3 fully saturated rings. The fourth-order valence-corrected chi connectivity index (χ4v) is 4.89. The minimum atomic E-state index is -0.547. The standard InChI is InChI=1S/C21H23ClN6O/c22-14-1-3-15(4-2-14)25-20-17(19(24)29)11-28(26-20)18-6-5-16(9-13(18)10-23)27-12-21(27)7-8-21/h1-4,11,13,16,18H,5-9,12H2,(H2,24,29)(H,25,26)/t13-,16+,18?,27?/m1/s1. The molecule has 1 aromatic heterocycles. The average Bonchev–Trinajstić information content (AvgIpc) is 3.61. The molecule has 2 heterocycles. The van der Waals surface area contributed by atoms with Crippen molar-refractivity contribution in [2.24, 2.45) is 11.7 Å². The number of amides is 1. The van der Waals surface area contributed by atoms with Crippen molar-refractivity contribution < 1.29 is 4.79 Å². The predicted octanol–water partition coefficient (Wildman–Crippen LogP) is 3.46. The van der Waals surface area contributed by atoms with Crippen molar-refractivity contribution in [2.75, 3.05) is 11.9 Å². The topological polar surface area (TPSA) is 99.7 Å². The number of hydrogen-bond acceptors (Lipinski definition) is 5. The van der Waals surface area contributed by atoms with Gasteiger partial charge in [-0.05, 0) is 56.4 Å². The number of nitrogens with two attached hydrogens (primary N) is 1. The van der Waals surface area contributed by atoms with E-state index < -0.39 is 5.91 Å². The van der Waals surface area contributed by atoms with Crippen molar-refractivity contribution in [1.82, 2.24) is 14.7 Å². The largest absolute Gasteiger partial charge is 0.365 e. The number of hydrogen-bond donors (Lipinski definition) is 2. The Hall–Kier alpha value is -2.56. The first-order valence-electron chi connectivity index (χ1n) is 10.1. The summed E-state index contributed by atoms with van der Waals surface area (Å²) in [6, 6.07) is 10.1. The number of aromatic nitrogens is 2. The number of rotatable bonds is 5. The smallest absolute Gasteiger partial charge is 0.254 e. The van der Waals surface area contributed by atoms with Gasteiger partial charge in [-0.2, -0.15) is 10.4 Å². The Balaban J connectivity index is 1.36. The van der Waals surface area contributed by atoms with Crippen LogP contribution >= 0.6 is 11.6 Å². The SMILES string of the molecule is N#C[C@H]1C[C@@H](N2CC23CC3)CCC1n1cc(C(N)=O)c(Nc2ccc(Cl)cc2)n1. The molecule has 7 nitrogen and oxygen atoms in total. The van der Waals surface area contributed by atoms with Gasteiger partial charge >= 0.3 is 0 Å². The van der Waals surface area contributed by atoms with Gasteiger partial charge in [0, 0.05) is 35.0 Å². The third-order valence-corrected chi connectivity index (χ3v) is 6.89. The van der Waals surface area contributed by atoms with Gasteiger partial charge in [-0.3, -0.25) is 14.4 Å². The van der Waals surface area contributed by atoms with Gasteiger partial charge < -0.3 is 11.1 Å². The lowest BCUT2D eigenvalue weighted by molar-refractivity contribution is 0.100. The molecule has 8 heteroatoms. The van der Waals surface area contributed by atoms with Crippen LogP contribution in [0.2, 0.25) is 5.02 Å². The Morgan fingerprint density at radius 1 is 1.31 bits per heavy atom. The van der Waals surface area contributed by atoms with Gasteiger partial charge in [0.2, 0.25) is 0 Å². The number of anilines is 2. The first-order valence-corrected chi connectivity index (χ1v) is 10.4. The highest BCUT2D eigenvalue weighted by atomic mass is 35.5. The van der Waals surface area contributed by atoms with Crippen molar-refractivity contribution in [1.29, 1.82) is 5.26 Å². The summed E-state index contributed by atoms with van der Waals surface area (Å²) in [4.78, 5) is 14.6. The highest BCUT2D eigenvalue weighted by Gasteiger charge is 2.63. The van der Waals surface area contributed by atoms with Crippen LogP contribution in [0.5, 0.6) is 0 Å². The normalized spacial score (nSPS) is 29.2. The zero-order valence-electron chi connectivity index (χ0n) is 16.0. The number of benzene rings is 1. The van der Waals surface area contributed by atoms with Gasteiger partial charge in [-0.1, -0.05) is 11.6 Å². The van der Waals surface area contributed by atoms with E-state index in [1.807, 2.05) is 12.1 Å². The van der Waals surface area contributed by atoms with Crippen LogP contribution in [0.25, 0.3) is 0 Å². The molecular weight excluding hydrogens is 388 g/mol. The van der Waals surface area contributed by atoms with E-state index in [-0.39, 0.29) is 12.0 Å². The van der Waals surface area contributed by atoms with Crippen LogP contribution in [0.4, 0.5) is 11.5 Å². The van der Waals surface area contributed by atoms with Crippen molar-refractivity contribution in [3.05, 3.63) is 41.0 Å². The fourth-order valence-electron chi connectivity index (χ4n) is 4.76. The second kappa shape index (κ2) is 6.75. The summed E-state index contributed by atoms with van der Waals surface area (Å²) < 4.78 is 1.76. The molecule has 0 bridgehead atoms. The summed E-state index contributed by atoms with van der Waals surface area (Å²) in [7, 11) is 0. The van der Waals surface area contributed by atoms with Crippen LogP contribution in [0, 0.1) is 17.2 Å². The van der Waals surface area contributed by atoms with Crippen molar-refractivity contribution in [3.63, 3.8) is 0 Å². The Morgan fingerprint density at radius 2 is 2.07 bits per heavy atom. The summed E-state index contributed by atoms with van der Waals surface area (Å²) >= 11 is 5.94. The van der Waals surface area contributed by atoms with Gasteiger partial charge in [-0.25, -0.2) is 0 Å². The predicted molar refractivity (Wildman–Crippen MR) is 110 cm³/mol. The molecule has 0 radical (unpaired) electrons. The van der Waals surface area contributed by atoms with Gasteiger partial charge in [0.1, 0.15) is 5.56 Å². The zero-order valence-corrected chi connectivity index (χ0v) is 16.8. The summed E-state index contributed by atoms with van der Waals surface area (Å²) in [6.07, 6.45) is 7.08. The highest BCUT2D eigenvalue weighted by Crippen LogP contribution is 2.57. The van der Waals surface area contributed by atoms with E-state index in [0.29, 0.717) is 28.0 Å². The molecule has 150 valence electrons. The van der Waals surface area contributed by atoms with Crippen LogP contribution in [0.1, 0.15) is 48.5 Å². The average molecular weight is 411 g/mol. The number of carbonyl (C=O) groups excluding carboxylic acids is 1. The minimum absolute atomic E-state index is 0.0507. The molecular formula is C21H23ClN6O. The molecule has 3 N–H and O–H groups in total. The molecule has 5 rings (SSSR count). The van der Waals surface area contributed by atoms with Gasteiger partial charge in [0.25, 0.3) is 5.91 Å². The van der Waals surface area contributed by atoms with Crippen LogP contribution < -0.4 is 11.1 Å². The lowest BCUT2D eigenvalue weighted by Crippen LogP contribution is -2.34. The molecule has 1 amide bonds. The lowest BCUT2D eigenvalue weighted by Gasteiger charge is -2.33. The maximum absolute atomic E-state index is 12.0. The zero-order chi connectivity index (χ0) is 20.2. The van der Waals surface area contributed by atoms with Crippen molar-refractivity contribution in [3.8, 4) is 6.07 Å². The number of halogens is 1. The maximum atomic E-state index is 12.0. The summed E-state index contributed by atoms with van der Waals surface area (Å²) in [5, 5.41) is 18.2. The van der Waals surface area contributed by atoms with Gasteiger partial charge in [0.15, 0.2) is 5.82 Å². The molecule has 1 saturated heterocycles. The molecule has 4 atom stereocenters. The second-order valence-electron chi connectivity index (χ2n) is 8.49. The fraction of sp³-hybridized carbons (Fsp3) is 0.476. The van der Waals surface area contributed by atoms with Crippen LogP contribution in [0.3, 0.4) is 0 Å². The molecule has 2 aromatic rings. The molecule has 1 aliphatic heterocycles. The highest BCUT2D eigenvalue weighted by molar-refractivity contribution is 6.30. The molecule has 2 saturated carbocycles. The number of nitrogens with zero attached hydrogens (tertiary/aromatic N) is 4. The maximum Gasteiger partial charge on any atom is 0.254 e. The monoisotopic (exact) mass is 410 g/mol. The molecule has 29 heavy (non-hydrogen) atoms. The summed E-state index contributed by atoms with van der Waals surface area (Å²) in [5.41, 5.74) is 7.17. The van der Waals surface area contributed by atoms with E-state index in [0.717, 1.165) is 24.9 Å². The van der Waals surface area contributed by atoms with Gasteiger partial charge in [0.05, 0.1) is 18.0 Å². The third kappa shape index (κ3) is 3.37. The Labute approximate surface area is 174 Å². The minimum Gasteiger partial charge on any atom is -0.365 e.